The molecule has 0 saturated heterocycles. The second-order valence-electron chi connectivity index (χ2n) is 3.21. The van der Waals surface area contributed by atoms with Gasteiger partial charge in [-0.1, -0.05) is 18.5 Å². The third-order valence-electron chi connectivity index (χ3n) is 1.87. The van der Waals surface area contributed by atoms with E-state index in [4.69, 9.17) is 0 Å². The second kappa shape index (κ2) is 4.63. The van der Waals surface area contributed by atoms with Gasteiger partial charge in [0.15, 0.2) is 0 Å². The minimum Gasteiger partial charge on any atom is -0.264 e. The van der Waals surface area contributed by atoms with Crippen LogP contribution >= 0.6 is 18.5 Å². The fourth-order valence-corrected chi connectivity index (χ4v) is 1.19. The number of carbonyl (C=O) groups is 1. The quantitative estimate of drug-likeness (QED) is 0.594. The van der Waals surface area contributed by atoms with Crippen LogP contribution in [-0.4, -0.2) is 38.9 Å². The molecule has 0 amide bonds. The summed E-state index contributed by atoms with van der Waals surface area (Å²) in [5.41, 5.74) is -0.353. The minimum atomic E-state index is -6.59. The summed E-state index contributed by atoms with van der Waals surface area (Å²) in [6.07, 6.45) is -6.59. The SMILES string of the molecule is O=C(n1nc(P)c(P)n1)C(F)(F)C(F)(F)C(F)(F)F. The predicted octanol–water partition coefficient (Wildman–Crippen LogP) is 0.752. The summed E-state index contributed by atoms with van der Waals surface area (Å²) in [4.78, 5) is 10.5. The Morgan fingerprint density at radius 1 is 0.947 bits per heavy atom. The molecule has 1 aromatic heterocycles. The van der Waals surface area contributed by atoms with Crippen molar-refractivity contribution < 1.29 is 35.5 Å². The van der Waals surface area contributed by atoms with Gasteiger partial charge >= 0.3 is 23.9 Å². The highest BCUT2D eigenvalue weighted by Gasteiger charge is 2.77. The van der Waals surface area contributed by atoms with E-state index in [0.29, 0.717) is 0 Å². The Kier molecular flexibility index (Phi) is 3.95. The Labute approximate surface area is 105 Å². The summed E-state index contributed by atoms with van der Waals surface area (Å²) >= 11 is 0. The molecule has 19 heavy (non-hydrogen) atoms. The first kappa shape index (κ1) is 16.2. The van der Waals surface area contributed by atoms with Crippen molar-refractivity contribution in [3.05, 3.63) is 0 Å². The lowest BCUT2D eigenvalue weighted by molar-refractivity contribution is -0.340. The standard InChI is InChI=1S/C6H4F7N3OP2/c7-4(8,5(9,10)6(11,12)13)3(17)16-14-1(18)2(19)15-16/h18-19H2. The van der Waals surface area contributed by atoms with Gasteiger partial charge in [0.25, 0.3) is 0 Å². The first-order valence-corrected chi connectivity index (χ1v) is 5.33. The Hall–Kier alpha value is -0.820. The van der Waals surface area contributed by atoms with Crippen LogP contribution in [0.1, 0.15) is 4.79 Å². The molecule has 4 nitrogen and oxygen atoms in total. The van der Waals surface area contributed by atoms with Crippen LogP contribution < -0.4 is 10.9 Å². The molecule has 1 heterocycles. The number of hydrogen-bond donors (Lipinski definition) is 0. The van der Waals surface area contributed by atoms with E-state index in [0.717, 1.165) is 0 Å². The highest BCUT2D eigenvalue weighted by molar-refractivity contribution is 7.35. The van der Waals surface area contributed by atoms with Gasteiger partial charge in [0, 0.05) is 0 Å². The Balaban J connectivity index is 3.24. The van der Waals surface area contributed by atoms with Gasteiger partial charge in [0.1, 0.15) is 10.9 Å². The van der Waals surface area contributed by atoms with Crippen LogP contribution in [0.5, 0.6) is 0 Å². The summed E-state index contributed by atoms with van der Waals surface area (Å²) in [6, 6.07) is 0. The van der Waals surface area contributed by atoms with Crippen LogP contribution in [0.4, 0.5) is 30.7 Å². The molecule has 108 valence electrons. The van der Waals surface area contributed by atoms with Crippen molar-refractivity contribution in [1.29, 1.82) is 0 Å². The highest BCUT2D eigenvalue weighted by atomic mass is 31.0. The summed E-state index contributed by atoms with van der Waals surface area (Å²) in [5.74, 6) is -15.4. The van der Waals surface area contributed by atoms with E-state index in [2.05, 4.69) is 10.2 Å². The van der Waals surface area contributed by atoms with Crippen LogP contribution in [0, 0.1) is 0 Å². The van der Waals surface area contributed by atoms with Crippen LogP contribution in [0.25, 0.3) is 0 Å². The molecule has 2 unspecified atom stereocenters. The van der Waals surface area contributed by atoms with Gasteiger partial charge in [0.05, 0.1) is 0 Å². The van der Waals surface area contributed by atoms with E-state index in [9.17, 15) is 35.5 Å². The van der Waals surface area contributed by atoms with Crippen molar-refractivity contribution in [3.63, 3.8) is 0 Å². The zero-order chi connectivity index (χ0) is 15.2. The van der Waals surface area contributed by atoms with Gasteiger partial charge in [-0.3, -0.25) is 4.79 Å². The number of alkyl halides is 7. The third-order valence-corrected chi connectivity index (χ3v) is 3.02. The fourth-order valence-electron chi connectivity index (χ4n) is 0.858. The van der Waals surface area contributed by atoms with Crippen molar-refractivity contribution in [2.75, 3.05) is 0 Å². The average molecular weight is 329 g/mol. The minimum absolute atomic E-state index is 0.176. The van der Waals surface area contributed by atoms with Crippen molar-refractivity contribution in [3.8, 4) is 0 Å². The lowest BCUT2D eigenvalue weighted by Crippen LogP contribution is -2.57. The zero-order valence-corrected chi connectivity index (χ0v) is 10.9. The van der Waals surface area contributed by atoms with E-state index < -0.39 is 28.7 Å². The molecule has 0 bridgehead atoms. The van der Waals surface area contributed by atoms with Crippen molar-refractivity contribution >= 4 is 35.3 Å². The van der Waals surface area contributed by atoms with E-state index in [1.165, 1.54) is 0 Å². The maximum absolute atomic E-state index is 13.0. The smallest absolute Gasteiger partial charge is 0.264 e. The lowest BCUT2D eigenvalue weighted by atomic mass is 10.1. The molecule has 0 spiro atoms. The van der Waals surface area contributed by atoms with E-state index in [1.54, 1.807) is 0 Å². The molecular weight excluding hydrogens is 325 g/mol. The summed E-state index contributed by atoms with van der Waals surface area (Å²) in [7, 11) is 3.65. The van der Waals surface area contributed by atoms with Crippen molar-refractivity contribution in [1.82, 2.24) is 15.0 Å². The molecule has 1 rings (SSSR count). The molecule has 0 N–H and O–H groups in total. The van der Waals surface area contributed by atoms with E-state index in [1.807, 2.05) is 18.5 Å². The maximum Gasteiger partial charge on any atom is 0.460 e. The molecule has 0 fully saturated rings. The van der Waals surface area contributed by atoms with E-state index in [-0.39, 0.29) is 10.9 Å². The van der Waals surface area contributed by atoms with Gasteiger partial charge in [-0.05, 0) is 0 Å². The molecular formula is C6H4F7N3OP2. The zero-order valence-electron chi connectivity index (χ0n) is 8.55. The Bertz CT molecular complexity index is 492. The molecule has 0 aliphatic carbocycles. The monoisotopic (exact) mass is 329 g/mol. The number of halogens is 7. The van der Waals surface area contributed by atoms with E-state index >= 15 is 0 Å². The van der Waals surface area contributed by atoms with Gasteiger partial charge in [-0.15, -0.1) is 15.0 Å². The first-order chi connectivity index (χ1) is 8.32. The van der Waals surface area contributed by atoms with Crippen LogP contribution in [0.3, 0.4) is 0 Å². The number of rotatable bonds is 2. The Morgan fingerprint density at radius 3 is 1.63 bits per heavy atom. The Morgan fingerprint density at radius 2 is 1.32 bits per heavy atom. The average Bonchev–Trinajstić information content (AvgIpc) is 2.56. The van der Waals surface area contributed by atoms with Crippen LogP contribution in [0.15, 0.2) is 0 Å². The number of carbonyl (C=O) groups excluding carboxylic acids is 1. The van der Waals surface area contributed by atoms with Crippen LogP contribution in [-0.2, 0) is 0 Å². The topological polar surface area (TPSA) is 47.8 Å². The predicted molar refractivity (Wildman–Crippen MR) is 55.3 cm³/mol. The van der Waals surface area contributed by atoms with Gasteiger partial charge in [-0.2, -0.15) is 30.7 Å². The van der Waals surface area contributed by atoms with Gasteiger partial charge < -0.3 is 0 Å². The molecule has 13 heteroatoms. The van der Waals surface area contributed by atoms with Crippen molar-refractivity contribution in [2.45, 2.75) is 18.0 Å². The molecule has 0 saturated carbocycles. The third kappa shape index (κ3) is 2.58. The van der Waals surface area contributed by atoms with Crippen LogP contribution in [0.2, 0.25) is 0 Å². The highest BCUT2D eigenvalue weighted by Crippen LogP contribution is 2.46. The summed E-state index contributed by atoms with van der Waals surface area (Å²) < 4.78 is 86.7. The first-order valence-electron chi connectivity index (χ1n) is 4.18. The normalized spacial score (nSPS) is 13.7. The fraction of sp³-hybridized carbons (Fsp3) is 0.500. The summed E-state index contributed by atoms with van der Waals surface area (Å²) in [6.45, 7) is 0. The number of hydrogen-bond acceptors (Lipinski definition) is 3. The summed E-state index contributed by atoms with van der Waals surface area (Å²) in [5, 5.41) is 5.98. The number of aromatic nitrogens is 3. The molecule has 0 aliphatic rings. The molecule has 0 aliphatic heterocycles. The largest absolute Gasteiger partial charge is 0.460 e. The number of nitrogens with zero attached hydrogens (tertiary/aromatic N) is 3. The second-order valence-corrected chi connectivity index (χ2v) is 4.31. The van der Waals surface area contributed by atoms with Gasteiger partial charge in [-0.25, -0.2) is 0 Å². The molecule has 2 atom stereocenters. The van der Waals surface area contributed by atoms with Gasteiger partial charge in [0.2, 0.25) is 0 Å². The lowest BCUT2D eigenvalue weighted by Gasteiger charge is -2.26. The van der Waals surface area contributed by atoms with Crippen molar-refractivity contribution in [2.24, 2.45) is 0 Å². The molecule has 1 aromatic rings. The maximum atomic E-state index is 13.0. The molecule has 0 radical (unpaired) electrons. The molecule has 0 aromatic carbocycles.